The van der Waals surface area contributed by atoms with Crippen molar-refractivity contribution in [3.63, 3.8) is 0 Å². The minimum absolute atomic E-state index is 0.507. The van der Waals surface area contributed by atoms with Crippen molar-refractivity contribution in [3.05, 3.63) is 35.2 Å². The number of hydrogen-bond acceptors (Lipinski definition) is 2. The van der Waals surface area contributed by atoms with Gasteiger partial charge in [0, 0.05) is 19.5 Å². The van der Waals surface area contributed by atoms with Crippen LogP contribution in [0.25, 0.3) is 0 Å². The van der Waals surface area contributed by atoms with Gasteiger partial charge in [0.25, 0.3) is 0 Å². The zero-order valence-corrected chi connectivity index (χ0v) is 12.9. The Balaban J connectivity index is 1.79. The van der Waals surface area contributed by atoms with Crippen LogP contribution in [-0.2, 0) is 0 Å². The number of nitrogens with one attached hydrogen (secondary N) is 2. The van der Waals surface area contributed by atoms with Crippen LogP contribution in [0.1, 0.15) is 26.2 Å². The van der Waals surface area contributed by atoms with Gasteiger partial charge in [0.05, 0.1) is 12.1 Å². The molecule has 0 aromatic rings. The highest BCUT2D eigenvalue weighted by atomic mass is 79.9. The summed E-state index contributed by atoms with van der Waals surface area (Å²) < 4.78 is 0.834. The van der Waals surface area contributed by atoms with Crippen molar-refractivity contribution in [2.75, 3.05) is 13.1 Å². The number of hydrogen-bond donors (Lipinski definition) is 2. The third-order valence-electron chi connectivity index (χ3n) is 5.08. The molecule has 0 aromatic carbocycles. The van der Waals surface area contributed by atoms with Gasteiger partial charge >= 0.3 is 0 Å². The molecule has 0 bridgehead atoms. The summed E-state index contributed by atoms with van der Waals surface area (Å²) in [6.45, 7) is 4.42. The van der Waals surface area contributed by atoms with Crippen LogP contribution in [0.2, 0.25) is 0 Å². The van der Waals surface area contributed by atoms with E-state index in [1.54, 1.807) is 5.57 Å². The van der Waals surface area contributed by atoms with E-state index in [0.717, 1.165) is 16.6 Å². The SMILES string of the molecule is CC1=C[N@+]2(Br)C3=C(CCC=C3)C[C@H]2C2NCCNC12. The first kappa shape index (κ1) is 12.3. The van der Waals surface area contributed by atoms with Crippen LogP contribution in [0, 0.1) is 0 Å². The predicted molar refractivity (Wildman–Crippen MR) is 80.3 cm³/mol. The summed E-state index contributed by atoms with van der Waals surface area (Å²) in [5, 5.41) is 7.44. The lowest BCUT2D eigenvalue weighted by Crippen LogP contribution is -2.67. The fourth-order valence-electron chi connectivity index (χ4n) is 4.24. The van der Waals surface area contributed by atoms with Crippen molar-refractivity contribution in [1.82, 2.24) is 10.6 Å². The normalized spacial score (nSPS) is 44.5. The summed E-state index contributed by atoms with van der Waals surface area (Å²) in [4.78, 5) is 0. The van der Waals surface area contributed by atoms with Gasteiger partial charge in [-0.1, -0.05) is 6.08 Å². The molecule has 2 N–H and O–H groups in total. The second kappa shape index (κ2) is 4.29. The minimum Gasteiger partial charge on any atom is -0.307 e. The van der Waals surface area contributed by atoms with E-state index in [-0.39, 0.29) is 0 Å². The molecule has 4 aliphatic rings. The van der Waals surface area contributed by atoms with Crippen LogP contribution >= 0.6 is 16.1 Å². The van der Waals surface area contributed by atoms with Gasteiger partial charge in [-0.2, -0.15) is 3.51 Å². The lowest BCUT2D eigenvalue weighted by molar-refractivity contribution is -0.708. The van der Waals surface area contributed by atoms with Crippen molar-refractivity contribution in [3.8, 4) is 0 Å². The maximum Gasteiger partial charge on any atom is 0.239 e. The molecular formula is C15H21BrN3+. The van der Waals surface area contributed by atoms with Crippen LogP contribution in [0.3, 0.4) is 0 Å². The van der Waals surface area contributed by atoms with Crippen molar-refractivity contribution in [2.24, 2.45) is 0 Å². The van der Waals surface area contributed by atoms with Crippen molar-refractivity contribution < 1.29 is 3.51 Å². The van der Waals surface area contributed by atoms with E-state index in [1.165, 1.54) is 30.5 Å². The Hall–Kier alpha value is -0.420. The van der Waals surface area contributed by atoms with E-state index in [1.807, 2.05) is 0 Å². The minimum atomic E-state index is 0.507. The molecule has 4 atom stereocenters. The molecule has 1 saturated heterocycles. The number of piperazine rings is 1. The second-order valence-corrected chi connectivity index (χ2v) is 7.35. The third-order valence-corrected chi connectivity index (χ3v) is 6.20. The molecule has 4 rings (SSSR count). The summed E-state index contributed by atoms with van der Waals surface area (Å²) in [7, 11) is 0. The molecule has 0 saturated carbocycles. The molecule has 0 spiro atoms. The number of nitrogens with zero attached hydrogens (tertiary/aromatic N) is 1. The van der Waals surface area contributed by atoms with Gasteiger partial charge in [-0.15, -0.1) is 0 Å². The van der Waals surface area contributed by atoms with Crippen molar-refractivity contribution in [2.45, 2.75) is 44.3 Å². The van der Waals surface area contributed by atoms with Crippen LogP contribution in [0.15, 0.2) is 35.2 Å². The first-order valence-electron chi connectivity index (χ1n) is 7.33. The number of rotatable bonds is 0. The molecule has 3 heterocycles. The van der Waals surface area contributed by atoms with E-state index in [4.69, 9.17) is 0 Å². The molecule has 4 heteroatoms. The van der Waals surface area contributed by atoms with Gasteiger partial charge in [-0.25, -0.2) is 0 Å². The molecule has 2 unspecified atom stereocenters. The standard InChI is InChI=1S/C15H21BrN3/c1-10-9-19(16)12-5-3-2-4-11(12)8-13(19)15-14(10)17-6-7-18-15/h3,5,9,13-15,17-18H,2,4,6-8H2,1H3/q+1/t13-,14?,15?,19-/m0/s1. The molecule has 3 aliphatic heterocycles. The van der Waals surface area contributed by atoms with Crippen LogP contribution in [0.4, 0.5) is 0 Å². The Bertz CT molecular complexity index is 508. The van der Waals surface area contributed by atoms with E-state index in [0.29, 0.717) is 18.1 Å². The summed E-state index contributed by atoms with van der Waals surface area (Å²) >= 11 is 4.05. The number of allylic oxidation sites excluding steroid dienone is 2. The monoisotopic (exact) mass is 322 g/mol. The summed E-state index contributed by atoms with van der Waals surface area (Å²) in [5.74, 6) is 0. The lowest BCUT2D eigenvalue weighted by atomic mass is 9.87. The fraction of sp³-hybridized carbons (Fsp3) is 0.600. The molecule has 3 nitrogen and oxygen atoms in total. The Kier molecular flexibility index (Phi) is 2.78. The highest BCUT2D eigenvalue weighted by molar-refractivity contribution is 9.05. The average molecular weight is 323 g/mol. The average Bonchev–Trinajstić information content (AvgIpc) is 2.73. The van der Waals surface area contributed by atoms with Crippen molar-refractivity contribution >= 4 is 16.1 Å². The molecule has 0 radical (unpaired) electrons. The number of fused-ring (bicyclic) bond motifs is 4. The second-order valence-electron chi connectivity index (χ2n) is 6.17. The van der Waals surface area contributed by atoms with Gasteiger partial charge in [0.1, 0.15) is 17.9 Å². The quantitative estimate of drug-likeness (QED) is 0.669. The topological polar surface area (TPSA) is 24.1 Å². The Morgan fingerprint density at radius 2 is 2.16 bits per heavy atom. The van der Waals surface area contributed by atoms with Gasteiger partial charge < -0.3 is 10.6 Å². The Morgan fingerprint density at radius 1 is 1.32 bits per heavy atom. The van der Waals surface area contributed by atoms with Gasteiger partial charge in [-0.3, -0.25) is 0 Å². The first-order chi connectivity index (χ1) is 9.20. The molecular weight excluding hydrogens is 302 g/mol. The van der Waals surface area contributed by atoms with Gasteiger partial charge in [0.2, 0.25) is 16.1 Å². The number of quaternary nitrogens is 1. The fourth-order valence-corrected chi connectivity index (χ4v) is 5.33. The maximum atomic E-state index is 4.05. The van der Waals surface area contributed by atoms with E-state index in [2.05, 4.69) is 52.1 Å². The summed E-state index contributed by atoms with van der Waals surface area (Å²) in [6.07, 6.45) is 10.8. The smallest absolute Gasteiger partial charge is 0.239 e. The van der Waals surface area contributed by atoms with Gasteiger partial charge in [0.15, 0.2) is 0 Å². The zero-order valence-electron chi connectivity index (χ0n) is 11.3. The maximum absolute atomic E-state index is 4.05. The van der Waals surface area contributed by atoms with Crippen LogP contribution in [0.5, 0.6) is 0 Å². The Labute approximate surface area is 123 Å². The van der Waals surface area contributed by atoms with Crippen molar-refractivity contribution in [1.29, 1.82) is 0 Å². The molecule has 0 aromatic heterocycles. The van der Waals surface area contributed by atoms with Gasteiger partial charge in [-0.05, 0) is 37.0 Å². The zero-order chi connectivity index (χ0) is 13.0. The summed E-state index contributed by atoms with van der Waals surface area (Å²) in [5.41, 5.74) is 4.60. The number of halogens is 1. The van der Waals surface area contributed by atoms with E-state index < -0.39 is 0 Å². The van der Waals surface area contributed by atoms with E-state index in [9.17, 15) is 0 Å². The van der Waals surface area contributed by atoms with Crippen LogP contribution in [-0.4, -0.2) is 34.7 Å². The Morgan fingerprint density at radius 3 is 3.05 bits per heavy atom. The molecule has 0 amide bonds. The van der Waals surface area contributed by atoms with E-state index >= 15 is 0 Å². The predicted octanol–water partition coefficient (Wildman–Crippen LogP) is 2.34. The molecule has 1 fully saturated rings. The first-order valence-corrected chi connectivity index (χ1v) is 8.04. The lowest BCUT2D eigenvalue weighted by Gasteiger charge is -2.46. The largest absolute Gasteiger partial charge is 0.307 e. The third kappa shape index (κ3) is 1.67. The molecule has 19 heavy (non-hydrogen) atoms. The molecule has 102 valence electrons. The van der Waals surface area contributed by atoms with Crippen LogP contribution < -0.4 is 10.6 Å². The summed E-state index contributed by atoms with van der Waals surface area (Å²) in [6, 6.07) is 1.64. The highest BCUT2D eigenvalue weighted by Gasteiger charge is 2.55. The highest BCUT2D eigenvalue weighted by Crippen LogP contribution is 2.50. The molecule has 1 aliphatic carbocycles.